The highest BCUT2D eigenvalue weighted by Crippen LogP contribution is 1.96. The SMILES string of the molecule is CN/C=C(/C)[C@H](C)NC. The van der Waals surface area contributed by atoms with Gasteiger partial charge in [-0.1, -0.05) is 0 Å². The second-order valence-corrected chi connectivity index (χ2v) is 2.19. The van der Waals surface area contributed by atoms with Gasteiger partial charge in [-0.05, 0) is 32.7 Å². The molecule has 2 heteroatoms. The Morgan fingerprint density at radius 3 is 2.33 bits per heavy atom. The van der Waals surface area contributed by atoms with Crippen LogP contribution in [0.4, 0.5) is 0 Å². The quantitative estimate of drug-likeness (QED) is 0.585. The van der Waals surface area contributed by atoms with E-state index in [4.69, 9.17) is 0 Å². The Labute approximate surface area is 57.3 Å². The van der Waals surface area contributed by atoms with Crippen LogP contribution in [-0.2, 0) is 0 Å². The molecule has 0 radical (unpaired) electrons. The Hall–Kier alpha value is -0.500. The molecule has 0 spiro atoms. The molecule has 0 aromatic carbocycles. The Kier molecular flexibility index (Phi) is 4.14. The Morgan fingerprint density at radius 1 is 1.44 bits per heavy atom. The summed E-state index contributed by atoms with van der Waals surface area (Å²) < 4.78 is 0. The molecule has 0 saturated heterocycles. The predicted molar refractivity (Wildman–Crippen MR) is 41.3 cm³/mol. The van der Waals surface area contributed by atoms with Crippen molar-refractivity contribution in [2.24, 2.45) is 0 Å². The fourth-order valence-corrected chi connectivity index (χ4v) is 0.580. The minimum atomic E-state index is 0.470. The van der Waals surface area contributed by atoms with E-state index in [1.165, 1.54) is 5.57 Å². The van der Waals surface area contributed by atoms with E-state index in [2.05, 4.69) is 24.5 Å². The van der Waals surface area contributed by atoms with Gasteiger partial charge in [0.1, 0.15) is 0 Å². The number of hydrogen-bond donors (Lipinski definition) is 2. The van der Waals surface area contributed by atoms with Crippen LogP contribution < -0.4 is 10.6 Å². The van der Waals surface area contributed by atoms with Gasteiger partial charge in [0.2, 0.25) is 0 Å². The van der Waals surface area contributed by atoms with Crippen LogP contribution in [0.3, 0.4) is 0 Å². The van der Waals surface area contributed by atoms with Crippen LogP contribution in [0.1, 0.15) is 13.8 Å². The van der Waals surface area contributed by atoms with Crippen molar-refractivity contribution >= 4 is 0 Å². The van der Waals surface area contributed by atoms with E-state index in [0.29, 0.717) is 6.04 Å². The number of likely N-dealkylation sites (N-methyl/N-ethyl adjacent to an activating group) is 1. The van der Waals surface area contributed by atoms with Crippen molar-refractivity contribution in [3.8, 4) is 0 Å². The fraction of sp³-hybridized carbons (Fsp3) is 0.714. The van der Waals surface area contributed by atoms with Gasteiger partial charge in [-0.25, -0.2) is 0 Å². The monoisotopic (exact) mass is 128 g/mol. The van der Waals surface area contributed by atoms with E-state index in [0.717, 1.165) is 0 Å². The standard InChI is InChI=1S/C7H16N2/c1-6(5-8-3)7(2)9-4/h5,7-9H,1-4H3/b6-5-/t7-/m0/s1. The van der Waals surface area contributed by atoms with Crippen molar-refractivity contribution in [1.82, 2.24) is 10.6 Å². The molecule has 0 saturated carbocycles. The van der Waals surface area contributed by atoms with Gasteiger partial charge in [0, 0.05) is 13.1 Å². The number of nitrogens with one attached hydrogen (secondary N) is 2. The van der Waals surface area contributed by atoms with E-state index in [1.807, 2.05) is 20.3 Å². The lowest BCUT2D eigenvalue weighted by molar-refractivity contribution is 0.686. The molecule has 1 atom stereocenters. The van der Waals surface area contributed by atoms with Crippen molar-refractivity contribution in [2.45, 2.75) is 19.9 Å². The summed E-state index contributed by atoms with van der Waals surface area (Å²) in [7, 11) is 3.86. The van der Waals surface area contributed by atoms with E-state index >= 15 is 0 Å². The Bertz CT molecular complexity index is 97.1. The Morgan fingerprint density at radius 2 is 2.00 bits per heavy atom. The molecule has 0 fully saturated rings. The van der Waals surface area contributed by atoms with Crippen LogP contribution in [0.5, 0.6) is 0 Å². The van der Waals surface area contributed by atoms with Crippen LogP contribution in [0.15, 0.2) is 11.8 Å². The van der Waals surface area contributed by atoms with Gasteiger partial charge >= 0.3 is 0 Å². The summed E-state index contributed by atoms with van der Waals surface area (Å²) in [5, 5.41) is 6.12. The Balaban J connectivity index is 3.70. The lowest BCUT2D eigenvalue weighted by Gasteiger charge is -2.09. The molecule has 2 nitrogen and oxygen atoms in total. The average Bonchev–Trinajstić information content (AvgIpc) is 1.87. The highest BCUT2D eigenvalue weighted by Gasteiger charge is 1.96. The molecule has 0 aromatic rings. The summed E-state index contributed by atoms with van der Waals surface area (Å²) in [6.07, 6.45) is 2.00. The maximum absolute atomic E-state index is 3.14. The van der Waals surface area contributed by atoms with Crippen LogP contribution in [0.2, 0.25) is 0 Å². The van der Waals surface area contributed by atoms with Crippen molar-refractivity contribution in [1.29, 1.82) is 0 Å². The van der Waals surface area contributed by atoms with Crippen LogP contribution in [0, 0.1) is 0 Å². The van der Waals surface area contributed by atoms with Crippen molar-refractivity contribution in [2.75, 3.05) is 14.1 Å². The normalized spacial score (nSPS) is 15.3. The van der Waals surface area contributed by atoms with Crippen LogP contribution in [-0.4, -0.2) is 20.1 Å². The molecule has 54 valence electrons. The van der Waals surface area contributed by atoms with Gasteiger partial charge in [-0.3, -0.25) is 0 Å². The fourth-order valence-electron chi connectivity index (χ4n) is 0.580. The molecule has 9 heavy (non-hydrogen) atoms. The van der Waals surface area contributed by atoms with Gasteiger partial charge in [-0.2, -0.15) is 0 Å². The first kappa shape index (κ1) is 8.50. The molecule has 0 rings (SSSR count). The van der Waals surface area contributed by atoms with E-state index in [-0.39, 0.29) is 0 Å². The summed E-state index contributed by atoms with van der Waals surface area (Å²) >= 11 is 0. The first-order valence-corrected chi connectivity index (χ1v) is 3.23. The summed E-state index contributed by atoms with van der Waals surface area (Å²) in [6.45, 7) is 4.22. The number of hydrogen-bond acceptors (Lipinski definition) is 2. The van der Waals surface area contributed by atoms with E-state index < -0.39 is 0 Å². The molecule has 0 amide bonds. The largest absolute Gasteiger partial charge is 0.394 e. The minimum Gasteiger partial charge on any atom is -0.394 e. The molecular weight excluding hydrogens is 112 g/mol. The number of rotatable bonds is 3. The maximum Gasteiger partial charge on any atom is 0.0262 e. The third-order valence-corrected chi connectivity index (χ3v) is 1.49. The highest BCUT2D eigenvalue weighted by molar-refractivity contribution is 5.03. The molecule has 0 heterocycles. The van der Waals surface area contributed by atoms with Crippen molar-refractivity contribution < 1.29 is 0 Å². The zero-order valence-corrected chi connectivity index (χ0v) is 6.65. The first-order chi connectivity index (χ1) is 4.22. The van der Waals surface area contributed by atoms with Gasteiger partial charge < -0.3 is 10.6 Å². The molecule has 0 unspecified atom stereocenters. The zero-order valence-electron chi connectivity index (χ0n) is 6.65. The molecule has 0 aromatic heterocycles. The second-order valence-electron chi connectivity index (χ2n) is 2.19. The van der Waals surface area contributed by atoms with E-state index in [9.17, 15) is 0 Å². The maximum atomic E-state index is 3.14. The lowest BCUT2D eigenvalue weighted by atomic mass is 10.2. The van der Waals surface area contributed by atoms with Crippen LogP contribution >= 0.6 is 0 Å². The van der Waals surface area contributed by atoms with Gasteiger partial charge in [0.05, 0.1) is 0 Å². The second kappa shape index (κ2) is 4.39. The average molecular weight is 128 g/mol. The molecule has 2 N–H and O–H groups in total. The first-order valence-electron chi connectivity index (χ1n) is 3.23. The minimum absolute atomic E-state index is 0.470. The molecule has 0 bridgehead atoms. The molecule has 0 aliphatic rings. The lowest BCUT2D eigenvalue weighted by Crippen LogP contribution is -2.23. The zero-order chi connectivity index (χ0) is 7.28. The molecule has 0 aliphatic heterocycles. The summed E-state index contributed by atoms with van der Waals surface area (Å²) in [5.41, 5.74) is 1.32. The highest BCUT2D eigenvalue weighted by atomic mass is 14.9. The molecule has 0 aliphatic carbocycles. The predicted octanol–water partition coefficient (Wildman–Crippen LogP) is 0.717. The summed E-state index contributed by atoms with van der Waals surface area (Å²) in [6, 6.07) is 0.470. The smallest absolute Gasteiger partial charge is 0.0262 e. The van der Waals surface area contributed by atoms with Gasteiger partial charge in [0.15, 0.2) is 0 Å². The summed E-state index contributed by atoms with van der Waals surface area (Å²) in [5.74, 6) is 0. The van der Waals surface area contributed by atoms with Crippen molar-refractivity contribution in [3.63, 3.8) is 0 Å². The third-order valence-electron chi connectivity index (χ3n) is 1.49. The van der Waals surface area contributed by atoms with Crippen molar-refractivity contribution in [3.05, 3.63) is 11.8 Å². The van der Waals surface area contributed by atoms with Crippen LogP contribution in [0.25, 0.3) is 0 Å². The topological polar surface area (TPSA) is 24.1 Å². The van der Waals surface area contributed by atoms with Gasteiger partial charge in [-0.15, -0.1) is 0 Å². The third kappa shape index (κ3) is 3.14. The van der Waals surface area contributed by atoms with Gasteiger partial charge in [0.25, 0.3) is 0 Å². The summed E-state index contributed by atoms with van der Waals surface area (Å²) in [4.78, 5) is 0. The van der Waals surface area contributed by atoms with E-state index in [1.54, 1.807) is 0 Å². The molecular formula is C7H16N2.